The van der Waals surface area contributed by atoms with Gasteiger partial charge in [0.15, 0.2) is 0 Å². The Hall–Kier alpha value is -3.93. The third-order valence-corrected chi connectivity index (χ3v) is 5.05. The van der Waals surface area contributed by atoms with Crippen LogP contribution in [0.5, 0.6) is 0 Å². The first kappa shape index (κ1) is 17.2. The molecule has 142 valence electrons. The summed E-state index contributed by atoms with van der Waals surface area (Å²) in [6.07, 6.45) is 3.67. The van der Waals surface area contributed by atoms with Crippen molar-refractivity contribution in [2.24, 2.45) is 0 Å². The van der Waals surface area contributed by atoms with Crippen LogP contribution in [0.3, 0.4) is 0 Å². The van der Waals surface area contributed by atoms with Gasteiger partial charge in [0.1, 0.15) is 28.5 Å². The quantitative estimate of drug-likeness (QED) is 0.500. The average Bonchev–Trinajstić information content (AvgIpc) is 3.33. The van der Waals surface area contributed by atoms with Crippen molar-refractivity contribution in [3.05, 3.63) is 90.0 Å². The molecule has 1 aromatic carbocycles. The summed E-state index contributed by atoms with van der Waals surface area (Å²) in [4.78, 5) is 22.4. The number of imidazole rings is 2. The number of aryl methyl sites for hydroxylation is 2. The minimum Gasteiger partial charge on any atom is -0.304 e. The van der Waals surface area contributed by atoms with Crippen molar-refractivity contribution in [1.29, 1.82) is 0 Å². The van der Waals surface area contributed by atoms with Crippen LogP contribution in [0.25, 0.3) is 22.6 Å². The van der Waals surface area contributed by atoms with Crippen LogP contribution in [0.2, 0.25) is 0 Å². The van der Waals surface area contributed by atoms with E-state index in [4.69, 9.17) is 4.98 Å². The van der Waals surface area contributed by atoms with E-state index in [0.717, 1.165) is 33.8 Å². The van der Waals surface area contributed by atoms with E-state index in [1.807, 2.05) is 89.5 Å². The highest BCUT2D eigenvalue weighted by molar-refractivity contribution is 6.05. The van der Waals surface area contributed by atoms with E-state index in [1.165, 1.54) is 0 Å². The summed E-state index contributed by atoms with van der Waals surface area (Å²) in [5, 5.41) is 3.04. The smallest absolute Gasteiger partial charge is 0.277 e. The summed E-state index contributed by atoms with van der Waals surface area (Å²) in [6, 6.07) is 19.6. The Morgan fingerprint density at radius 3 is 2.52 bits per heavy atom. The van der Waals surface area contributed by atoms with Crippen molar-refractivity contribution in [2.75, 3.05) is 5.32 Å². The van der Waals surface area contributed by atoms with Gasteiger partial charge in [0.25, 0.3) is 5.91 Å². The zero-order valence-electron chi connectivity index (χ0n) is 16.1. The molecule has 0 radical (unpaired) electrons. The molecule has 29 heavy (non-hydrogen) atoms. The lowest BCUT2D eigenvalue weighted by molar-refractivity contribution is 0.102. The molecule has 0 spiro atoms. The predicted octanol–water partition coefficient (Wildman–Crippen LogP) is 4.52. The first-order chi connectivity index (χ1) is 14.1. The van der Waals surface area contributed by atoms with Crippen LogP contribution in [0.15, 0.2) is 73.1 Å². The van der Waals surface area contributed by atoms with Gasteiger partial charge in [0.05, 0.1) is 0 Å². The third kappa shape index (κ3) is 2.86. The van der Waals surface area contributed by atoms with Gasteiger partial charge in [-0.25, -0.2) is 9.97 Å². The molecule has 4 aromatic heterocycles. The number of anilines is 1. The second kappa shape index (κ2) is 6.60. The summed E-state index contributed by atoms with van der Waals surface area (Å²) < 4.78 is 3.82. The molecule has 0 aliphatic carbocycles. The fourth-order valence-electron chi connectivity index (χ4n) is 3.55. The van der Waals surface area contributed by atoms with Gasteiger partial charge in [0.2, 0.25) is 0 Å². The fourth-order valence-corrected chi connectivity index (χ4v) is 3.55. The molecule has 0 aliphatic rings. The van der Waals surface area contributed by atoms with E-state index < -0.39 is 0 Å². The molecule has 0 unspecified atom stereocenters. The molecular formula is C23H19N5O. The highest BCUT2D eigenvalue weighted by atomic mass is 16.2. The zero-order chi connectivity index (χ0) is 20.0. The average molecular weight is 381 g/mol. The number of fused-ring (bicyclic) bond motifs is 2. The number of carbonyl (C=O) groups is 1. The van der Waals surface area contributed by atoms with Crippen molar-refractivity contribution in [3.63, 3.8) is 0 Å². The van der Waals surface area contributed by atoms with Crippen molar-refractivity contribution in [2.45, 2.75) is 13.8 Å². The van der Waals surface area contributed by atoms with Crippen LogP contribution in [0.1, 0.15) is 21.7 Å². The van der Waals surface area contributed by atoms with Gasteiger partial charge in [0, 0.05) is 23.7 Å². The standard InChI is InChI=1S/C23H19N5O/c1-15-8-7-13-27-21(15)25-20(17-10-4-3-5-11-17)22(27)26-23(29)18-14-28-16(2)9-6-12-19(28)24-18/h3-14H,1-2H3,(H,26,29). The van der Waals surface area contributed by atoms with Gasteiger partial charge in [-0.2, -0.15) is 0 Å². The molecule has 5 aromatic rings. The van der Waals surface area contributed by atoms with Crippen LogP contribution in [-0.4, -0.2) is 24.7 Å². The van der Waals surface area contributed by atoms with E-state index in [9.17, 15) is 4.79 Å². The van der Waals surface area contributed by atoms with Gasteiger partial charge < -0.3 is 9.72 Å². The Kier molecular flexibility index (Phi) is 3.91. The minimum absolute atomic E-state index is 0.270. The second-order valence-corrected chi connectivity index (χ2v) is 7.04. The highest BCUT2D eigenvalue weighted by Gasteiger charge is 2.19. The summed E-state index contributed by atoms with van der Waals surface area (Å²) in [5.41, 5.74) is 5.64. The topological polar surface area (TPSA) is 63.7 Å². The van der Waals surface area contributed by atoms with Crippen molar-refractivity contribution >= 4 is 23.0 Å². The number of nitrogens with one attached hydrogen (secondary N) is 1. The lowest BCUT2D eigenvalue weighted by atomic mass is 10.1. The maximum Gasteiger partial charge on any atom is 0.277 e. The first-order valence-corrected chi connectivity index (χ1v) is 9.41. The summed E-state index contributed by atoms with van der Waals surface area (Å²) >= 11 is 0. The number of nitrogens with zero attached hydrogens (tertiary/aromatic N) is 4. The molecular weight excluding hydrogens is 362 g/mol. The minimum atomic E-state index is -0.270. The number of carbonyl (C=O) groups excluding carboxylic acids is 1. The van der Waals surface area contributed by atoms with Crippen LogP contribution >= 0.6 is 0 Å². The number of aromatic nitrogens is 4. The monoisotopic (exact) mass is 381 g/mol. The van der Waals surface area contributed by atoms with Crippen LogP contribution < -0.4 is 5.32 Å². The second-order valence-electron chi connectivity index (χ2n) is 7.04. The van der Waals surface area contributed by atoms with E-state index in [0.29, 0.717) is 11.5 Å². The molecule has 0 bridgehead atoms. The Bertz CT molecular complexity index is 1360. The maximum absolute atomic E-state index is 13.1. The van der Waals surface area contributed by atoms with Crippen molar-refractivity contribution in [3.8, 4) is 11.3 Å². The van der Waals surface area contributed by atoms with E-state index >= 15 is 0 Å². The Morgan fingerprint density at radius 2 is 1.72 bits per heavy atom. The normalized spacial score (nSPS) is 11.2. The van der Waals surface area contributed by atoms with Crippen molar-refractivity contribution in [1.82, 2.24) is 18.8 Å². The highest BCUT2D eigenvalue weighted by Crippen LogP contribution is 2.30. The van der Waals surface area contributed by atoms with Gasteiger partial charge in [-0.3, -0.25) is 9.20 Å². The molecule has 0 aliphatic heterocycles. The van der Waals surface area contributed by atoms with E-state index in [-0.39, 0.29) is 5.91 Å². The molecule has 6 nitrogen and oxygen atoms in total. The van der Waals surface area contributed by atoms with Gasteiger partial charge in [-0.15, -0.1) is 0 Å². The lowest BCUT2D eigenvalue weighted by Crippen LogP contribution is -2.14. The number of hydrogen-bond donors (Lipinski definition) is 1. The number of amides is 1. The summed E-state index contributed by atoms with van der Waals surface area (Å²) in [5.74, 6) is 0.363. The molecule has 4 heterocycles. The van der Waals surface area contributed by atoms with Crippen LogP contribution in [0.4, 0.5) is 5.82 Å². The van der Waals surface area contributed by atoms with Crippen LogP contribution in [-0.2, 0) is 0 Å². The van der Waals surface area contributed by atoms with Gasteiger partial charge in [-0.1, -0.05) is 42.5 Å². The molecule has 5 rings (SSSR count). The number of benzene rings is 1. The van der Waals surface area contributed by atoms with E-state index in [1.54, 1.807) is 6.20 Å². The fraction of sp³-hybridized carbons (Fsp3) is 0.0870. The zero-order valence-corrected chi connectivity index (χ0v) is 16.1. The summed E-state index contributed by atoms with van der Waals surface area (Å²) in [7, 11) is 0. The Balaban J connectivity index is 1.63. The van der Waals surface area contributed by atoms with Gasteiger partial charge >= 0.3 is 0 Å². The largest absolute Gasteiger partial charge is 0.304 e. The lowest BCUT2D eigenvalue weighted by Gasteiger charge is -2.07. The molecule has 0 fully saturated rings. The predicted molar refractivity (Wildman–Crippen MR) is 113 cm³/mol. The van der Waals surface area contributed by atoms with E-state index in [2.05, 4.69) is 10.3 Å². The number of rotatable bonds is 3. The SMILES string of the molecule is Cc1cccn2c(NC(=O)c3cn4c(C)cccc4n3)c(-c3ccccc3)nc12. The molecule has 0 atom stereocenters. The van der Waals surface area contributed by atoms with Gasteiger partial charge in [-0.05, 0) is 37.6 Å². The molecule has 1 N–H and O–H groups in total. The van der Waals surface area contributed by atoms with Crippen molar-refractivity contribution < 1.29 is 4.79 Å². The Morgan fingerprint density at radius 1 is 0.897 bits per heavy atom. The molecule has 0 saturated heterocycles. The molecule has 6 heteroatoms. The third-order valence-electron chi connectivity index (χ3n) is 5.05. The van der Waals surface area contributed by atoms with Crippen LogP contribution in [0, 0.1) is 13.8 Å². The number of hydrogen-bond acceptors (Lipinski definition) is 3. The summed E-state index contributed by atoms with van der Waals surface area (Å²) in [6.45, 7) is 3.99. The molecule has 0 saturated carbocycles. The molecule has 1 amide bonds. The maximum atomic E-state index is 13.1. The Labute approximate surface area is 167 Å². The first-order valence-electron chi connectivity index (χ1n) is 9.41. The number of pyridine rings is 2.